The monoisotopic (exact) mass is 607 g/mol. The maximum Gasteiger partial charge on any atom is 0.244 e. The van der Waals surface area contributed by atoms with Crippen LogP contribution in [0.3, 0.4) is 0 Å². The summed E-state index contributed by atoms with van der Waals surface area (Å²) in [5, 5.41) is 3.26. The molecule has 3 rings (SSSR count). The van der Waals surface area contributed by atoms with Crippen LogP contribution in [-0.2, 0) is 32.6 Å². The molecule has 0 aliphatic carbocycles. The van der Waals surface area contributed by atoms with Crippen molar-refractivity contribution in [3.05, 3.63) is 99.8 Å². The Morgan fingerprint density at radius 1 is 0.950 bits per heavy atom. The van der Waals surface area contributed by atoms with Crippen LogP contribution in [0.15, 0.2) is 72.8 Å². The highest BCUT2D eigenvalue weighted by Gasteiger charge is 2.33. The van der Waals surface area contributed by atoms with Crippen LogP contribution in [0.5, 0.6) is 0 Å². The zero-order valence-corrected chi connectivity index (χ0v) is 24.6. The Hall–Kier alpha value is -3.14. The third kappa shape index (κ3) is 8.94. The molecule has 1 unspecified atom stereocenters. The molecule has 0 bridgehead atoms. The molecule has 214 valence electrons. The van der Waals surface area contributed by atoms with Crippen molar-refractivity contribution in [3.63, 3.8) is 0 Å². The van der Waals surface area contributed by atoms with E-state index in [0.717, 1.165) is 29.0 Å². The van der Waals surface area contributed by atoms with Gasteiger partial charge in [-0.25, -0.2) is 12.8 Å². The highest BCUT2D eigenvalue weighted by molar-refractivity contribution is 7.92. The predicted molar refractivity (Wildman–Crippen MR) is 157 cm³/mol. The van der Waals surface area contributed by atoms with Gasteiger partial charge in [0.05, 0.1) is 22.0 Å². The molecule has 0 aliphatic rings. The second kappa shape index (κ2) is 14.5. The summed E-state index contributed by atoms with van der Waals surface area (Å²) >= 11 is 12.2. The first kappa shape index (κ1) is 31.4. The van der Waals surface area contributed by atoms with E-state index in [9.17, 15) is 22.4 Å². The Bertz CT molecular complexity index is 1410. The highest BCUT2D eigenvalue weighted by atomic mass is 35.5. The summed E-state index contributed by atoms with van der Waals surface area (Å²) in [4.78, 5) is 28.8. The van der Waals surface area contributed by atoms with E-state index in [2.05, 4.69) is 5.32 Å². The number of amides is 2. The normalized spacial score (nSPS) is 12.0. The molecule has 11 heteroatoms. The fourth-order valence-corrected chi connectivity index (χ4v) is 5.23. The molecule has 0 heterocycles. The van der Waals surface area contributed by atoms with Gasteiger partial charge in [-0.15, -0.1) is 0 Å². The second-order valence-corrected chi connectivity index (χ2v) is 12.1. The van der Waals surface area contributed by atoms with Crippen LogP contribution in [0.4, 0.5) is 10.1 Å². The first-order chi connectivity index (χ1) is 19.0. The number of unbranched alkanes of at least 4 members (excludes halogenated alkanes) is 1. The van der Waals surface area contributed by atoms with Gasteiger partial charge in [-0.05, 0) is 47.9 Å². The standard InChI is InChI=1S/C29H32Cl2FN3O4S/c1-3-4-16-33-29(37)27(17-21-8-6-5-7-9-21)34(19-22-10-12-23(32)13-11-22)28(36)20-35(40(2,38)39)24-14-15-25(30)26(31)18-24/h5-15,18,27H,3-4,16-17,19-20H2,1-2H3,(H,33,37). The summed E-state index contributed by atoms with van der Waals surface area (Å²) in [6, 6.07) is 18.1. The molecule has 2 amide bonds. The number of sulfonamides is 1. The van der Waals surface area contributed by atoms with E-state index < -0.39 is 34.3 Å². The first-order valence-electron chi connectivity index (χ1n) is 12.8. The molecule has 7 nitrogen and oxygen atoms in total. The summed E-state index contributed by atoms with van der Waals surface area (Å²) in [6.45, 7) is 1.79. The molecule has 3 aromatic carbocycles. The van der Waals surface area contributed by atoms with Gasteiger partial charge in [-0.3, -0.25) is 13.9 Å². The Labute approximate surface area is 244 Å². The number of benzene rings is 3. The maximum atomic E-state index is 14.0. The van der Waals surface area contributed by atoms with E-state index in [0.29, 0.717) is 12.1 Å². The molecule has 1 N–H and O–H groups in total. The average molecular weight is 609 g/mol. The van der Waals surface area contributed by atoms with Crippen molar-refractivity contribution in [2.45, 2.75) is 38.8 Å². The summed E-state index contributed by atoms with van der Waals surface area (Å²) in [5.41, 5.74) is 1.55. The van der Waals surface area contributed by atoms with Crippen LogP contribution in [0.1, 0.15) is 30.9 Å². The lowest BCUT2D eigenvalue weighted by molar-refractivity contribution is -0.140. The van der Waals surface area contributed by atoms with Gasteiger partial charge in [0.1, 0.15) is 18.4 Å². The van der Waals surface area contributed by atoms with E-state index >= 15 is 0 Å². The summed E-state index contributed by atoms with van der Waals surface area (Å²) in [5.74, 6) is -1.43. The highest BCUT2D eigenvalue weighted by Crippen LogP contribution is 2.29. The molecular formula is C29H32Cl2FN3O4S. The fourth-order valence-electron chi connectivity index (χ4n) is 4.10. The van der Waals surface area contributed by atoms with Crippen LogP contribution >= 0.6 is 23.2 Å². The van der Waals surface area contributed by atoms with E-state index in [4.69, 9.17) is 23.2 Å². The Kier molecular flexibility index (Phi) is 11.4. The lowest BCUT2D eigenvalue weighted by atomic mass is 10.0. The van der Waals surface area contributed by atoms with Crippen molar-refractivity contribution in [2.24, 2.45) is 0 Å². The minimum absolute atomic E-state index is 0.0449. The van der Waals surface area contributed by atoms with Crippen molar-refractivity contribution >= 4 is 50.7 Å². The second-order valence-electron chi connectivity index (χ2n) is 9.37. The van der Waals surface area contributed by atoms with Crippen molar-refractivity contribution < 1.29 is 22.4 Å². The predicted octanol–water partition coefficient (Wildman–Crippen LogP) is 5.45. The largest absolute Gasteiger partial charge is 0.354 e. The Morgan fingerprint density at radius 2 is 1.62 bits per heavy atom. The van der Waals surface area contributed by atoms with E-state index in [1.807, 2.05) is 37.3 Å². The number of carbonyl (C=O) groups excluding carboxylic acids is 2. The maximum absolute atomic E-state index is 14.0. The van der Waals surface area contributed by atoms with Crippen molar-refractivity contribution in [1.29, 1.82) is 0 Å². The molecule has 40 heavy (non-hydrogen) atoms. The van der Waals surface area contributed by atoms with Crippen molar-refractivity contribution in [2.75, 3.05) is 23.7 Å². The zero-order chi connectivity index (χ0) is 29.3. The van der Waals surface area contributed by atoms with Gasteiger partial charge >= 0.3 is 0 Å². The molecule has 1 atom stereocenters. The van der Waals surface area contributed by atoms with Crippen molar-refractivity contribution in [1.82, 2.24) is 10.2 Å². The van der Waals surface area contributed by atoms with E-state index in [1.54, 1.807) is 0 Å². The molecule has 0 aromatic heterocycles. The molecule has 0 fully saturated rings. The Morgan fingerprint density at radius 3 is 2.23 bits per heavy atom. The van der Waals surface area contributed by atoms with Gasteiger partial charge < -0.3 is 10.2 Å². The minimum Gasteiger partial charge on any atom is -0.354 e. The average Bonchev–Trinajstić information content (AvgIpc) is 2.92. The molecule has 0 aliphatic heterocycles. The van der Waals surface area contributed by atoms with E-state index in [1.165, 1.54) is 47.4 Å². The summed E-state index contributed by atoms with van der Waals surface area (Å²) in [7, 11) is -3.94. The Balaban J connectivity index is 2.03. The summed E-state index contributed by atoms with van der Waals surface area (Å²) < 4.78 is 40.2. The van der Waals surface area contributed by atoms with Gasteiger partial charge in [0, 0.05) is 19.5 Å². The molecule has 0 saturated carbocycles. The van der Waals surface area contributed by atoms with Gasteiger partial charge in [0.2, 0.25) is 21.8 Å². The first-order valence-corrected chi connectivity index (χ1v) is 15.4. The number of nitrogens with one attached hydrogen (secondary N) is 1. The lowest BCUT2D eigenvalue weighted by Crippen LogP contribution is -2.53. The van der Waals surface area contributed by atoms with E-state index in [-0.39, 0.29) is 34.6 Å². The number of carbonyl (C=O) groups is 2. The summed E-state index contributed by atoms with van der Waals surface area (Å²) in [6.07, 6.45) is 2.80. The molecule has 0 spiro atoms. The van der Waals surface area contributed by atoms with Crippen LogP contribution in [0, 0.1) is 5.82 Å². The van der Waals surface area contributed by atoms with Crippen LogP contribution < -0.4 is 9.62 Å². The van der Waals surface area contributed by atoms with Crippen LogP contribution in [-0.4, -0.2) is 50.5 Å². The molecule has 3 aromatic rings. The van der Waals surface area contributed by atoms with Crippen LogP contribution in [0.25, 0.3) is 0 Å². The SMILES string of the molecule is CCCCNC(=O)C(Cc1ccccc1)N(Cc1ccc(F)cc1)C(=O)CN(c1ccc(Cl)c(Cl)c1)S(C)(=O)=O. The van der Waals surface area contributed by atoms with Gasteiger partial charge in [-0.1, -0.05) is 79.0 Å². The number of halogens is 3. The molecular weight excluding hydrogens is 576 g/mol. The number of hydrogen-bond acceptors (Lipinski definition) is 4. The van der Waals surface area contributed by atoms with Gasteiger partial charge in [-0.2, -0.15) is 0 Å². The molecule has 0 radical (unpaired) electrons. The third-order valence-electron chi connectivity index (χ3n) is 6.24. The number of rotatable bonds is 13. The fraction of sp³-hybridized carbons (Fsp3) is 0.310. The quantitative estimate of drug-likeness (QED) is 0.262. The smallest absolute Gasteiger partial charge is 0.244 e. The number of anilines is 1. The molecule has 0 saturated heterocycles. The number of nitrogens with zero attached hydrogens (tertiary/aromatic N) is 2. The zero-order valence-electron chi connectivity index (χ0n) is 22.3. The lowest BCUT2D eigenvalue weighted by Gasteiger charge is -2.33. The van der Waals surface area contributed by atoms with Gasteiger partial charge in [0.15, 0.2) is 0 Å². The van der Waals surface area contributed by atoms with Crippen molar-refractivity contribution in [3.8, 4) is 0 Å². The third-order valence-corrected chi connectivity index (χ3v) is 8.12. The number of hydrogen-bond donors (Lipinski definition) is 1. The topological polar surface area (TPSA) is 86.8 Å². The van der Waals surface area contributed by atoms with Crippen LogP contribution in [0.2, 0.25) is 10.0 Å². The van der Waals surface area contributed by atoms with Gasteiger partial charge in [0.25, 0.3) is 0 Å². The minimum atomic E-state index is -3.94.